The molecular weight excluding hydrogens is 426 g/mol. The van der Waals surface area contributed by atoms with Gasteiger partial charge in [-0.3, -0.25) is 10.1 Å². The maximum absolute atomic E-state index is 13.9. The lowest BCUT2D eigenvalue weighted by Gasteiger charge is -2.33. The van der Waals surface area contributed by atoms with Crippen LogP contribution in [0.15, 0.2) is 41.3 Å². The van der Waals surface area contributed by atoms with E-state index in [4.69, 9.17) is 0 Å². The lowest BCUT2D eigenvalue weighted by atomic mass is 10.3. The zero-order valence-electron chi connectivity index (χ0n) is 14.8. The second kappa shape index (κ2) is 7.28. The number of thiazole rings is 1. The number of non-ortho nitro benzene ring substituents is 1. The summed E-state index contributed by atoms with van der Waals surface area (Å²) in [5, 5.41) is 11.5. The van der Waals surface area contributed by atoms with Gasteiger partial charge < -0.3 is 4.90 Å². The Hall–Kier alpha value is -2.70. The number of hydrogen-bond donors (Lipinski definition) is 0. The first-order valence-electron chi connectivity index (χ1n) is 8.51. The molecule has 1 fully saturated rings. The van der Waals surface area contributed by atoms with E-state index >= 15 is 0 Å². The number of rotatable bonds is 4. The molecule has 0 aliphatic carbocycles. The van der Waals surface area contributed by atoms with Gasteiger partial charge in [-0.15, -0.1) is 0 Å². The number of halogens is 2. The Kier molecular flexibility index (Phi) is 4.92. The first-order chi connectivity index (χ1) is 13.8. The Morgan fingerprint density at radius 3 is 2.48 bits per heavy atom. The van der Waals surface area contributed by atoms with Gasteiger partial charge in [-0.2, -0.15) is 4.31 Å². The average molecular weight is 440 g/mol. The van der Waals surface area contributed by atoms with Gasteiger partial charge in [0.15, 0.2) is 5.13 Å². The van der Waals surface area contributed by atoms with Crippen molar-refractivity contribution in [3.63, 3.8) is 0 Å². The molecule has 0 N–H and O–H groups in total. The van der Waals surface area contributed by atoms with Crippen molar-refractivity contribution in [3.8, 4) is 0 Å². The molecule has 0 saturated carbocycles. The molecule has 0 amide bonds. The van der Waals surface area contributed by atoms with Crippen LogP contribution in [0.25, 0.3) is 10.2 Å². The number of anilines is 1. The van der Waals surface area contributed by atoms with E-state index in [1.165, 1.54) is 23.5 Å². The van der Waals surface area contributed by atoms with Gasteiger partial charge in [-0.25, -0.2) is 22.2 Å². The minimum absolute atomic E-state index is 0.0271. The van der Waals surface area contributed by atoms with E-state index in [1.807, 2.05) is 4.90 Å². The molecule has 12 heteroatoms. The molecule has 152 valence electrons. The van der Waals surface area contributed by atoms with Crippen molar-refractivity contribution in [3.05, 3.63) is 58.1 Å². The number of benzene rings is 2. The van der Waals surface area contributed by atoms with Crippen molar-refractivity contribution in [2.45, 2.75) is 4.90 Å². The van der Waals surface area contributed by atoms with Gasteiger partial charge >= 0.3 is 0 Å². The van der Waals surface area contributed by atoms with Crippen LogP contribution < -0.4 is 4.90 Å². The predicted octanol–water partition coefficient (Wildman–Crippen LogP) is 2.99. The van der Waals surface area contributed by atoms with E-state index < -0.39 is 31.5 Å². The van der Waals surface area contributed by atoms with E-state index in [9.17, 15) is 27.3 Å². The van der Waals surface area contributed by atoms with E-state index in [-0.39, 0.29) is 18.8 Å². The van der Waals surface area contributed by atoms with E-state index in [0.29, 0.717) is 34.5 Å². The van der Waals surface area contributed by atoms with Crippen molar-refractivity contribution in [1.29, 1.82) is 0 Å². The summed E-state index contributed by atoms with van der Waals surface area (Å²) in [5.74, 6) is -1.83. The number of sulfonamides is 1. The Labute approximate surface area is 168 Å². The molecule has 4 rings (SSSR count). The van der Waals surface area contributed by atoms with Gasteiger partial charge in [0, 0.05) is 38.3 Å². The molecule has 3 aromatic rings. The van der Waals surface area contributed by atoms with Crippen LogP contribution in [-0.2, 0) is 10.0 Å². The number of piperazine rings is 1. The fraction of sp³-hybridized carbons (Fsp3) is 0.235. The predicted molar refractivity (Wildman–Crippen MR) is 104 cm³/mol. The molecule has 0 radical (unpaired) electrons. The second-order valence-electron chi connectivity index (χ2n) is 6.37. The van der Waals surface area contributed by atoms with Gasteiger partial charge in [0.25, 0.3) is 5.69 Å². The zero-order chi connectivity index (χ0) is 20.8. The van der Waals surface area contributed by atoms with Crippen LogP contribution in [0.5, 0.6) is 0 Å². The third kappa shape index (κ3) is 3.66. The summed E-state index contributed by atoms with van der Waals surface area (Å²) in [6.07, 6.45) is 0. The minimum Gasteiger partial charge on any atom is -0.345 e. The molecule has 8 nitrogen and oxygen atoms in total. The molecule has 2 heterocycles. The van der Waals surface area contributed by atoms with Crippen molar-refractivity contribution in [1.82, 2.24) is 9.29 Å². The monoisotopic (exact) mass is 440 g/mol. The summed E-state index contributed by atoms with van der Waals surface area (Å²) >= 11 is 1.28. The molecular formula is C17H14F2N4O4S2. The Bertz CT molecular complexity index is 1210. The molecule has 1 aliphatic rings. The third-order valence-electron chi connectivity index (χ3n) is 4.59. The lowest BCUT2D eigenvalue weighted by molar-refractivity contribution is -0.384. The molecule has 2 aromatic carbocycles. The van der Waals surface area contributed by atoms with Gasteiger partial charge in [0.2, 0.25) is 10.0 Å². The maximum atomic E-state index is 13.9. The van der Waals surface area contributed by atoms with Crippen molar-refractivity contribution in [2.24, 2.45) is 0 Å². The largest absolute Gasteiger partial charge is 0.345 e. The van der Waals surface area contributed by atoms with Crippen LogP contribution in [0.4, 0.5) is 19.6 Å². The zero-order valence-corrected chi connectivity index (χ0v) is 16.4. The van der Waals surface area contributed by atoms with Crippen molar-refractivity contribution < 1.29 is 22.1 Å². The topological polar surface area (TPSA) is 96.7 Å². The van der Waals surface area contributed by atoms with Crippen LogP contribution >= 0.6 is 11.3 Å². The van der Waals surface area contributed by atoms with Crippen LogP contribution in [0, 0.1) is 21.7 Å². The fourth-order valence-corrected chi connectivity index (χ4v) is 5.63. The van der Waals surface area contributed by atoms with Gasteiger partial charge in [-0.05, 0) is 24.3 Å². The fourth-order valence-electron chi connectivity index (χ4n) is 3.08. The highest BCUT2D eigenvalue weighted by Crippen LogP contribution is 2.32. The average Bonchev–Trinajstić information content (AvgIpc) is 3.13. The number of nitro groups is 1. The summed E-state index contributed by atoms with van der Waals surface area (Å²) in [6, 6.07) is 6.73. The number of aromatic nitrogens is 1. The van der Waals surface area contributed by atoms with Crippen LogP contribution in [0.2, 0.25) is 0 Å². The summed E-state index contributed by atoms with van der Waals surface area (Å²) in [5.41, 5.74) is 0.591. The van der Waals surface area contributed by atoms with Gasteiger partial charge in [0.1, 0.15) is 16.5 Å². The standard InChI is InChI=1S/C17H14F2N4O4S2/c18-11-1-3-13(19)16(9-11)29(26,27)22-7-5-21(6-8-22)17-20-14-4-2-12(23(24)25)10-15(14)28-17/h1-4,9-10H,5-8H2. The first kappa shape index (κ1) is 19.6. The van der Waals surface area contributed by atoms with Crippen molar-refractivity contribution >= 4 is 42.4 Å². The quantitative estimate of drug-likeness (QED) is 0.457. The first-order valence-corrected chi connectivity index (χ1v) is 10.8. The lowest BCUT2D eigenvalue weighted by Crippen LogP contribution is -2.48. The highest BCUT2D eigenvalue weighted by molar-refractivity contribution is 7.89. The van der Waals surface area contributed by atoms with Crippen molar-refractivity contribution in [2.75, 3.05) is 31.1 Å². The van der Waals surface area contributed by atoms with Crippen LogP contribution in [-0.4, -0.2) is 48.8 Å². The minimum atomic E-state index is -4.16. The summed E-state index contributed by atoms with van der Waals surface area (Å²) in [4.78, 5) is 16.1. The number of nitrogens with zero attached hydrogens (tertiary/aromatic N) is 4. The molecule has 0 bridgehead atoms. The van der Waals surface area contributed by atoms with Crippen LogP contribution in [0.1, 0.15) is 0 Å². The number of hydrogen-bond acceptors (Lipinski definition) is 7. The Balaban J connectivity index is 1.53. The highest BCUT2D eigenvalue weighted by atomic mass is 32.2. The molecule has 0 unspecified atom stereocenters. The number of fused-ring (bicyclic) bond motifs is 1. The van der Waals surface area contributed by atoms with E-state index in [2.05, 4.69) is 4.98 Å². The van der Waals surface area contributed by atoms with Crippen LogP contribution in [0.3, 0.4) is 0 Å². The molecule has 1 aliphatic heterocycles. The molecule has 29 heavy (non-hydrogen) atoms. The third-order valence-corrected chi connectivity index (χ3v) is 7.58. The normalized spacial score (nSPS) is 15.7. The van der Waals surface area contributed by atoms with Gasteiger partial charge in [0.05, 0.1) is 15.1 Å². The summed E-state index contributed by atoms with van der Waals surface area (Å²) in [6.45, 7) is 0.763. The van der Waals surface area contributed by atoms with E-state index in [1.54, 1.807) is 6.07 Å². The smallest absolute Gasteiger partial charge is 0.270 e. The number of nitro benzene ring substituents is 1. The maximum Gasteiger partial charge on any atom is 0.270 e. The molecule has 1 saturated heterocycles. The van der Waals surface area contributed by atoms with E-state index in [0.717, 1.165) is 16.4 Å². The molecule has 0 spiro atoms. The summed E-state index contributed by atoms with van der Waals surface area (Å²) in [7, 11) is -4.16. The second-order valence-corrected chi connectivity index (χ2v) is 9.29. The SMILES string of the molecule is O=[N+]([O-])c1ccc2nc(N3CCN(S(=O)(=O)c4cc(F)ccc4F)CC3)sc2c1. The molecule has 1 aromatic heterocycles. The molecule has 0 atom stereocenters. The highest BCUT2D eigenvalue weighted by Gasteiger charge is 2.31. The Morgan fingerprint density at radius 1 is 1.07 bits per heavy atom. The van der Waals surface area contributed by atoms with Gasteiger partial charge in [-0.1, -0.05) is 11.3 Å². The Morgan fingerprint density at radius 2 is 1.79 bits per heavy atom. The summed E-state index contributed by atoms with van der Waals surface area (Å²) < 4.78 is 54.4.